The van der Waals surface area contributed by atoms with E-state index >= 15 is 0 Å². The zero-order valence-electron chi connectivity index (χ0n) is 8.46. The van der Waals surface area contributed by atoms with Crippen LogP contribution >= 0.6 is 11.8 Å². The smallest absolute Gasteiger partial charge is 0.0235 e. The Labute approximate surface area is 85.4 Å². The van der Waals surface area contributed by atoms with E-state index in [4.69, 9.17) is 0 Å². The summed E-state index contributed by atoms with van der Waals surface area (Å²) in [5.41, 5.74) is 0. The number of hydrogen-bond acceptors (Lipinski definition) is 3. The molecule has 2 atom stereocenters. The first kappa shape index (κ1) is 9.81. The largest absolute Gasteiger partial charge is 0.312 e. The molecule has 0 aromatic rings. The number of fused-ring (bicyclic) bond motifs is 1. The topological polar surface area (TPSA) is 15.3 Å². The Hall–Kier alpha value is 0.270. The second-order valence-electron chi connectivity index (χ2n) is 4.22. The second-order valence-corrected chi connectivity index (χ2v) is 5.20. The van der Waals surface area contributed by atoms with E-state index in [9.17, 15) is 0 Å². The van der Waals surface area contributed by atoms with Crippen molar-refractivity contribution in [3.05, 3.63) is 0 Å². The van der Waals surface area contributed by atoms with Crippen molar-refractivity contribution in [2.45, 2.75) is 18.9 Å². The lowest BCUT2D eigenvalue weighted by Gasteiger charge is -2.24. The van der Waals surface area contributed by atoms with Crippen LogP contribution in [0.4, 0.5) is 0 Å². The minimum Gasteiger partial charge on any atom is -0.312 e. The fraction of sp³-hybridized carbons (Fsp3) is 1.00. The van der Waals surface area contributed by atoms with Crippen LogP contribution in [0.3, 0.4) is 0 Å². The third-order valence-electron chi connectivity index (χ3n) is 3.29. The maximum Gasteiger partial charge on any atom is 0.0235 e. The minimum absolute atomic E-state index is 0.815. The molecule has 2 fully saturated rings. The summed E-state index contributed by atoms with van der Waals surface area (Å²) in [6.45, 7) is 5.18. The molecule has 0 saturated carbocycles. The van der Waals surface area contributed by atoms with Gasteiger partial charge in [0.05, 0.1) is 0 Å². The zero-order chi connectivity index (χ0) is 9.10. The molecule has 2 rings (SSSR count). The minimum atomic E-state index is 0.815. The summed E-state index contributed by atoms with van der Waals surface area (Å²) >= 11 is 1.96. The Morgan fingerprint density at radius 2 is 2.38 bits per heavy atom. The molecule has 2 aliphatic rings. The molecule has 0 spiro atoms. The van der Waals surface area contributed by atoms with Crippen molar-refractivity contribution in [3.8, 4) is 0 Å². The first-order valence-corrected chi connectivity index (χ1v) is 6.74. The van der Waals surface area contributed by atoms with Gasteiger partial charge in [0.25, 0.3) is 0 Å². The molecule has 13 heavy (non-hydrogen) atoms. The lowest BCUT2D eigenvalue weighted by molar-refractivity contribution is 0.332. The predicted molar refractivity (Wildman–Crippen MR) is 59.3 cm³/mol. The first-order valence-electron chi connectivity index (χ1n) is 5.35. The quantitative estimate of drug-likeness (QED) is 0.732. The fourth-order valence-electron chi connectivity index (χ4n) is 2.54. The Kier molecular flexibility index (Phi) is 3.52. The van der Waals surface area contributed by atoms with Crippen LogP contribution in [0.1, 0.15) is 12.8 Å². The van der Waals surface area contributed by atoms with Crippen molar-refractivity contribution in [2.24, 2.45) is 5.92 Å². The van der Waals surface area contributed by atoms with E-state index in [0.29, 0.717) is 0 Å². The van der Waals surface area contributed by atoms with Gasteiger partial charge in [-0.2, -0.15) is 11.8 Å². The molecule has 0 aliphatic carbocycles. The van der Waals surface area contributed by atoms with Crippen LogP contribution in [-0.4, -0.2) is 49.1 Å². The molecular weight excluding hydrogens is 180 g/mol. The molecule has 0 bridgehead atoms. The average molecular weight is 200 g/mol. The van der Waals surface area contributed by atoms with Gasteiger partial charge in [0, 0.05) is 31.4 Å². The number of hydrogen-bond donors (Lipinski definition) is 1. The molecule has 0 unspecified atom stereocenters. The van der Waals surface area contributed by atoms with E-state index < -0.39 is 0 Å². The van der Waals surface area contributed by atoms with Crippen LogP contribution in [0, 0.1) is 5.92 Å². The Morgan fingerprint density at radius 1 is 1.46 bits per heavy atom. The van der Waals surface area contributed by atoms with Gasteiger partial charge in [-0.1, -0.05) is 0 Å². The summed E-state index contributed by atoms with van der Waals surface area (Å²) in [5.74, 6) is 2.25. The highest BCUT2D eigenvalue weighted by molar-refractivity contribution is 7.98. The lowest BCUT2D eigenvalue weighted by Crippen LogP contribution is -2.40. The number of likely N-dealkylation sites (tertiary alicyclic amines) is 1. The van der Waals surface area contributed by atoms with Crippen LogP contribution in [0.2, 0.25) is 0 Å². The molecule has 0 aromatic heterocycles. The molecule has 1 N–H and O–H groups in total. The van der Waals surface area contributed by atoms with Crippen molar-refractivity contribution in [1.29, 1.82) is 0 Å². The Bertz CT molecular complexity index is 149. The molecule has 2 aliphatic heterocycles. The van der Waals surface area contributed by atoms with Crippen molar-refractivity contribution in [1.82, 2.24) is 10.2 Å². The highest BCUT2D eigenvalue weighted by atomic mass is 32.2. The van der Waals surface area contributed by atoms with Gasteiger partial charge in [-0.25, -0.2) is 0 Å². The molecule has 0 aromatic carbocycles. The normalized spacial score (nSPS) is 34.8. The van der Waals surface area contributed by atoms with Gasteiger partial charge in [-0.3, -0.25) is 0 Å². The lowest BCUT2D eigenvalue weighted by atomic mass is 9.94. The fourth-order valence-corrected chi connectivity index (χ4v) is 2.98. The Morgan fingerprint density at radius 3 is 3.15 bits per heavy atom. The summed E-state index contributed by atoms with van der Waals surface area (Å²) in [5, 5.41) is 3.64. The van der Waals surface area contributed by atoms with E-state index in [1.807, 2.05) is 11.8 Å². The van der Waals surface area contributed by atoms with Gasteiger partial charge in [-0.05, 0) is 31.6 Å². The zero-order valence-corrected chi connectivity index (χ0v) is 9.28. The van der Waals surface area contributed by atoms with E-state index in [1.165, 1.54) is 44.8 Å². The molecule has 3 heteroatoms. The van der Waals surface area contributed by atoms with Crippen LogP contribution in [0.5, 0.6) is 0 Å². The van der Waals surface area contributed by atoms with E-state index in [0.717, 1.165) is 12.0 Å². The molecular formula is C10H20N2S. The van der Waals surface area contributed by atoms with E-state index in [-0.39, 0.29) is 0 Å². The number of thioether (sulfide) groups is 1. The second kappa shape index (κ2) is 4.67. The Balaban J connectivity index is 1.77. The molecule has 0 radical (unpaired) electrons. The van der Waals surface area contributed by atoms with Crippen molar-refractivity contribution in [2.75, 3.05) is 38.2 Å². The molecule has 0 amide bonds. The van der Waals surface area contributed by atoms with Crippen LogP contribution in [0.15, 0.2) is 0 Å². The van der Waals surface area contributed by atoms with Gasteiger partial charge >= 0.3 is 0 Å². The summed E-state index contributed by atoms with van der Waals surface area (Å²) in [4.78, 5) is 2.63. The van der Waals surface area contributed by atoms with E-state index in [2.05, 4.69) is 16.5 Å². The van der Waals surface area contributed by atoms with Gasteiger partial charge in [0.15, 0.2) is 0 Å². The highest BCUT2D eigenvalue weighted by Gasteiger charge is 2.33. The molecule has 2 heterocycles. The highest BCUT2D eigenvalue weighted by Crippen LogP contribution is 2.24. The summed E-state index contributed by atoms with van der Waals surface area (Å²) in [6, 6.07) is 0.815. The molecule has 76 valence electrons. The summed E-state index contributed by atoms with van der Waals surface area (Å²) in [6.07, 6.45) is 5.03. The standard InChI is InChI=1S/C10H20N2S/c1-13-6-5-12-7-9-3-2-4-11-10(9)8-12/h9-11H,2-8H2,1H3/t9-,10+/m0/s1. The summed E-state index contributed by atoms with van der Waals surface area (Å²) in [7, 11) is 0. The van der Waals surface area contributed by atoms with Gasteiger partial charge in [-0.15, -0.1) is 0 Å². The SMILES string of the molecule is CSCCN1C[C@@H]2CCCN[C@@H]2C1. The monoisotopic (exact) mass is 200 g/mol. The third-order valence-corrected chi connectivity index (χ3v) is 3.88. The molecule has 2 nitrogen and oxygen atoms in total. The van der Waals surface area contributed by atoms with Gasteiger partial charge in [0.1, 0.15) is 0 Å². The van der Waals surface area contributed by atoms with Crippen LogP contribution < -0.4 is 5.32 Å². The van der Waals surface area contributed by atoms with Crippen molar-refractivity contribution in [3.63, 3.8) is 0 Å². The van der Waals surface area contributed by atoms with Crippen molar-refractivity contribution >= 4 is 11.8 Å². The number of nitrogens with one attached hydrogen (secondary N) is 1. The van der Waals surface area contributed by atoms with Gasteiger partial charge in [0.2, 0.25) is 0 Å². The number of nitrogens with zero attached hydrogens (tertiary/aromatic N) is 1. The molecule has 2 saturated heterocycles. The van der Waals surface area contributed by atoms with Gasteiger partial charge < -0.3 is 10.2 Å². The predicted octanol–water partition coefficient (Wildman–Crippen LogP) is 1.03. The maximum absolute atomic E-state index is 3.64. The van der Waals surface area contributed by atoms with Crippen LogP contribution in [0.25, 0.3) is 0 Å². The maximum atomic E-state index is 3.64. The average Bonchev–Trinajstić information content (AvgIpc) is 2.57. The first-order chi connectivity index (χ1) is 6.40. The van der Waals surface area contributed by atoms with E-state index in [1.54, 1.807) is 0 Å². The number of piperidine rings is 1. The van der Waals surface area contributed by atoms with Crippen molar-refractivity contribution < 1.29 is 0 Å². The third kappa shape index (κ3) is 2.39. The number of rotatable bonds is 3. The van der Waals surface area contributed by atoms with Crippen LogP contribution in [-0.2, 0) is 0 Å². The summed E-state index contributed by atoms with van der Waals surface area (Å²) < 4.78 is 0.